The number of hydrogen-bond acceptors (Lipinski definition) is 2. The molecular formula is C10H6F4O2. The molecule has 1 aromatic rings. The van der Waals surface area contributed by atoms with Crippen molar-refractivity contribution in [2.75, 3.05) is 0 Å². The Kier molecular flexibility index (Phi) is 3.76. The molecule has 0 amide bonds. The van der Waals surface area contributed by atoms with E-state index in [-0.39, 0.29) is 0 Å². The van der Waals surface area contributed by atoms with Crippen LogP contribution in [-0.4, -0.2) is 18.0 Å². The lowest BCUT2D eigenvalue weighted by atomic mass is 10.1. The molecule has 2 nitrogen and oxygen atoms in total. The lowest BCUT2D eigenvalue weighted by Gasteiger charge is -2.02. The van der Waals surface area contributed by atoms with Crippen molar-refractivity contribution in [2.24, 2.45) is 0 Å². The number of halogens is 4. The van der Waals surface area contributed by atoms with Gasteiger partial charge in [0.15, 0.2) is 17.4 Å². The minimum Gasteiger partial charge on any atom is -0.294 e. The zero-order valence-corrected chi connectivity index (χ0v) is 7.84. The van der Waals surface area contributed by atoms with Gasteiger partial charge in [-0.1, -0.05) is 6.07 Å². The second-order valence-corrected chi connectivity index (χ2v) is 2.97. The highest BCUT2D eigenvalue weighted by Crippen LogP contribution is 2.14. The third-order valence-corrected chi connectivity index (χ3v) is 1.83. The minimum atomic E-state index is -3.29. The number of rotatable bonds is 4. The zero-order valence-electron chi connectivity index (χ0n) is 7.84. The first-order chi connectivity index (χ1) is 7.43. The predicted molar refractivity (Wildman–Crippen MR) is 46.3 cm³/mol. The van der Waals surface area contributed by atoms with Crippen molar-refractivity contribution in [1.29, 1.82) is 0 Å². The summed E-state index contributed by atoms with van der Waals surface area (Å²) in [5, 5.41) is 0. The van der Waals surface area contributed by atoms with Gasteiger partial charge >= 0.3 is 0 Å². The second kappa shape index (κ2) is 4.87. The molecule has 0 aromatic heterocycles. The molecular weight excluding hydrogens is 228 g/mol. The van der Waals surface area contributed by atoms with Gasteiger partial charge in [-0.2, -0.15) is 0 Å². The van der Waals surface area contributed by atoms with Crippen LogP contribution in [0.15, 0.2) is 18.2 Å². The average Bonchev–Trinajstić information content (AvgIpc) is 2.21. The molecule has 1 aromatic carbocycles. The molecule has 0 aliphatic rings. The lowest BCUT2D eigenvalue weighted by Crippen LogP contribution is -2.16. The SMILES string of the molecule is O=C(CC(=O)C(F)F)c1cccc(F)c1F. The van der Waals surface area contributed by atoms with Crippen LogP contribution >= 0.6 is 0 Å². The second-order valence-electron chi connectivity index (χ2n) is 2.97. The van der Waals surface area contributed by atoms with E-state index in [0.717, 1.165) is 18.2 Å². The summed E-state index contributed by atoms with van der Waals surface area (Å²) in [6, 6.07) is 2.76. The van der Waals surface area contributed by atoms with E-state index in [2.05, 4.69) is 0 Å². The fourth-order valence-corrected chi connectivity index (χ4v) is 1.05. The normalized spacial score (nSPS) is 10.6. The Morgan fingerprint density at radius 3 is 2.38 bits per heavy atom. The number of hydrogen-bond donors (Lipinski definition) is 0. The van der Waals surface area contributed by atoms with Gasteiger partial charge in [-0.05, 0) is 12.1 Å². The first-order valence-corrected chi connectivity index (χ1v) is 4.21. The summed E-state index contributed by atoms with van der Waals surface area (Å²) in [5.41, 5.74) is -0.700. The molecule has 0 saturated heterocycles. The molecule has 0 atom stereocenters. The molecule has 0 aliphatic heterocycles. The molecule has 6 heteroatoms. The summed E-state index contributed by atoms with van der Waals surface area (Å²) < 4.78 is 49.3. The van der Waals surface area contributed by atoms with E-state index in [1.807, 2.05) is 0 Å². The number of carbonyl (C=O) groups is 2. The summed E-state index contributed by atoms with van der Waals surface area (Å²) in [7, 11) is 0. The highest BCUT2D eigenvalue weighted by molar-refractivity contribution is 6.08. The Balaban J connectivity index is 2.89. The van der Waals surface area contributed by atoms with Gasteiger partial charge in [-0.3, -0.25) is 9.59 Å². The van der Waals surface area contributed by atoms with Gasteiger partial charge in [-0.25, -0.2) is 17.6 Å². The van der Waals surface area contributed by atoms with Crippen LogP contribution in [0, 0.1) is 11.6 Å². The van der Waals surface area contributed by atoms with E-state index in [4.69, 9.17) is 0 Å². The number of carbonyl (C=O) groups excluding carboxylic acids is 2. The van der Waals surface area contributed by atoms with Crippen LogP contribution in [-0.2, 0) is 4.79 Å². The van der Waals surface area contributed by atoms with E-state index < -0.39 is 41.6 Å². The van der Waals surface area contributed by atoms with E-state index in [0.29, 0.717) is 0 Å². The molecule has 0 aliphatic carbocycles. The third-order valence-electron chi connectivity index (χ3n) is 1.83. The molecule has 0 N–H and O–H groups in total. The molecule has 0 bridgehead atoms. The van der Waals surface area contributed by atoms with Crippen LogP contribution in [0.4, 0.5) is 17.6 Å². The van der Waals surface area contributed by atoms with Crippen LogP contribution in [0.5, 0.6) is 0 Å². The molecule has 0 saturated carbocycles. The number of ketones is 2. The summed E-state index contributed by atoms with van der Waals surface area (Å²) in [6.45, 7) is 0. The van der Waals surface area contributed by atoms with E-state index in [1.54, 1.807) is 0 Å². The summed E-state index contributed by atoms with van der Waals surface area (Å²) in [6.07, 6.45) is -4.43. The molecule has 0 fully saturated rings. The maximum Gasteiger partial charge on any atom is 0.296 e. The largest absolute Gasteiger partial charge is 0.296 e. The molecule has 0 unspecified atom stereocenters. The fraction of sp³-hybridized carbons (Fsp3) is 0.200. The van der Waals surface area contributed by atoms with Gasteiger partial charge in [0.1, 0.15) is 0 Å². The molecule has 0 heterocycles. The Bertz CT molecular complexity index is 429. The fourth-order valence-electron chi connectivity index (χ4n) is 1.05. The van der Waals surface area contributed by atoms with E-state index >= 15 is 0 Å². The van der Waals surface area contributed by atoms with E-state index in [1.165, 1.54) is 0 Å². The summed E-state index contributed by atoms with van der Waals surface area (Å²) in [4.78, 5) is 21.7. The number of alkyl halides is 2. The summed E-state index contributed by atoms with van der Waals surface area (Å²) in [5.74, 6) is -5.49. The third kappa shape index (κ3) is 2.65. The maximum atomic E-state index is 13.0. The van der Waals surface area contributed by atoms with Crippen LogP contribution in [0.1, 0.15) is 16.8 Å². The molecule has 0 radical (unpaired) electrons. The van der Waals surface area contributed by atoms with Gasteiger partial charge in [0.2, 0.25) is 5.78 Å². The van der Waals surface area contributed by atoms with Crippen LogP contribution in [0.25, 0.3) is 0 Å². The molecule has 1 rings (SSSR count). The topological polar surface area (TPSA) is 34.1 Å². The maximum absolute atomic E-state index is 13.0. The molecule has 0 spiro atoms. The van der Waals surface area contributed by atoms with Crippen molar-refractivity contribution < 1.29 is 27.2 Å². The van der Waals surface area contributed by atoms with Crippen molar-refractivity contribution in [3.8, 4) is 0 Å². The highest BCUT2D eigenvalue weighted by atomic mass is 19.3. The van der Waals surface area contributed by atoms with Crippen molar-refractivity contribution in [3.05, 3.63) is 35.4 Å². The van der Waals surface area contributed by atoms with Gasteiger partial charge in [-0.15, -0.1) is 0 Å². The number of Topliss-reactive ketones (excluding diaryl/α,β-unsaturated/α-hetero) is 2. The van der Waals surface area contributed by atoms with Crippen molar-refractivity contribution >= 4 is 11.6 Å². The van der Waals surface area contributed by atoms with Crippen molar-refractivity contribution in [1.82, 2.24) is 0 Å². The standard InChI is InChI=1S/C10H6F4O2/c11-6-3-1-2-5(9(6)12)7(15)4-8(16)10(13)14/h1-3,10H,4H2. The Hall–Kier alpha value is -1.72. The first kappa shape index (κ1) is 12.4. The van der Waals surface area contributed by atoms with Crippen molar-refractivity contribution in [3.63, 3.8) is 0 Å². The molecule has 86 valence electrons. The Morgan fingerprint density at radius 2 is 1.81 bits per heavy atom. The average molecular weight is 234 g/mol. The zero-order chi connectivity index (χ0) is 12.3. The van der Waals surface area contributed by atoms with Crippen molar-refractivity contribution in [2.45, 2.75) is 12.8 Å². The predicted octanol–water partition coefficient (Wildman–Crippen LogP) is 2.37. The Morgan fingerprint density at radius 1 is 1.19 bits per heavy atom. The minimum absolute atomic E-state index is 0.700. The van der Waals surface area contributed by atoms with E-state index in [9.17, 15) is 27.2 Å². The number of benzene rings is 1. The monoisotopic (exact) mass is 234 g/mol. The van der Waals surface area contributed by atoms with Crippen LogP contribution in [0.2, 0.25) is 0 Å². The smallest absolute Gasteiger partial charge is 0.294 e. The van der Waals surface area contributed by atoms with Gasteiger partial charge in [0.05, 0.1) is 12.0 Å². The summed E-state index contributed by atoms with van der Waals surface area (Å²) >= 11 is 0. The quantitative estimate of drug-likeness (QED) is 0.455. The van der Waals surface area contributed by atoms with Gasteiger partial charge in [0, 0.05) is 0 Å². The highest BCUT2D eigenvalue weighted by Gasteiger charge is 2.22. The van der Waals surface area contributed by atoms with Crippen LogP contribution in [0.3, 0.4) is 0 Å². The first-order valence-electron chi connectivity index (χ1n) is 4.21. The van der Waals surface area contributed by atoms with Gasteiger partial charge < -0.3 is 0 Å². The Labute approximate surface area is 87.9 Å². The van der Waals surface area contributed by atoms with Gasteiger partial charge in [0.25, 0.3) is 6.43 Å². The lowest BCUT2D eigenvalue weighted by molar-refractivity contribution is -0.128. The molecule has 16 heavy (non-hydrogen) atoms. The van der Waals surface area contributed by atoms with Crippen LogP contribution < -0.4 is 0 Å².